The molecule has 132 valence electrons. The van der Waals surface area contributed by atoms with Crippen LogP contribution in [-0.2, 0) is 17.8 Å². The monoisotopic (exact) mass is 348 g/mol. The Bertz CT molecular complexity index is 598. The van der Waals surface area contributed by atoms with Gasteiger partial charge >= 0.3 is 0 Å². The number of hydrogen-bond acceptors (Lipinski definition) is 3. The minimum atomic E-state index is 0.132. The van der Waals surface area contributed by atoms with E-state index in [0.29, 0.717) is 5.92 Å². The molecule has 0 bridgehead atoms. The van der Waals surface area contributed by atoms with E-state index < -0.39 is 0 Å². The van der Waals surface area contributed by atoms with Gasteiger partial charge in [-0.25, -0.2) is 4.99 Å². The number of amides is 1. The highest BCUT2D eigenvalue weighted by Crippen LogP contribution is 2.24. The first kappa shape index (κ1) is 17.3. The Kier molecular flexibility index (Phi) is 5.76. The van der Waals surface area contributed by atoms with Gasteiger partial charge < -0.3 is 15.1 Å². The average molecular weight is 349 g/mol. The number of likely N-dealkylation sites (tertiary alicyclic amines) is 1. The molecule has 2 aliphatic rings. The number of carbonyl (C=O) groups excluding carboxylic acids is 1. The lowest BCUT2D eigenvalue weighted by Gasteiger charge is -2.33. The van der Waals surface area contributed by atoms with Crippen molar-refractivity contribution in [2.24, 2.45) is 10.9 Å². The summed E-state index contributed by atoms with van der Waals surface area (Å²) < 4.78 is 0. The quantitative estimate of drug-likeness (QED) is 0.674. The summed E-state index contributed by atoms with van der Waals surface area (Å²) in [6.45, 7) is 9.06. The summed E-state index contributed by atoms with van der Waals surface area (Å²) in [5.41, 5.74) is 1.31. The van der Waals surface area contributed by atoms with Crippen LogP contribution in [0, 0.1) is 5.92 Å². The molecule has 1 amide bonds. The molecule has 5 nitrogen and oxygen atoms in total. The number of nitrogens with one attached hydrogen (secondary N) is 1. The summed E-state index contributed by atoms with van der Waals surface area (Å²) in [6, 6.07) is 2.14. The molecule has 1 aromatic heterocycles. The molecule has 0 spiro atoms. The van der Waals surface area contributed by atoms with Gasteiger partial charge in [0.15, 0.2) is 5.96 Å². The van der Waals surface area contributed by atoms with E-state index in [1.807, 2.05) is 4.90 Å². The van der Waals surface area contributed by atoms with Crippen LogP contribution in [0.4, 0.5) is 0 Å². The molecule has 3 rings (SSSR count). The topological polar surface area (TPSA) is 47.9 Å². The van der Waals surface area contributed by atoms with E-state index >= 15 is 0 Å². The fraction of sp³-hybridized carbons (Fsp3) is 0.667. The second kappa shape index (κ2) is 8.01. The van der Waals surface area contributed by atoms with Crippen LogP contribution in [0.2, 0.25) is 0 Å². The normalized spacial score (nSPS) is 21.6. The lowest BCUT2D eigenvalue weighted by atomic mass is 10.0. The predicted molar refractivity (Wildman–Crippen MR) is 99.4 cm³/mol. The maximum Gasteiger partial charge on any atom is 0.244 e. The van der Waals surface area contributed by atoms with Crippen molar-refractivity contribution in [2.75, 3.05) is 32.7 Å². The number of guanidine groups is 1. The molecule has 1 N–H and O–H groups in total. The Morgan fingerprint density at radius 2 is 2.29 bits per heavy atom. The van der Waals surface area contributed by atoms with Crippen LogP contribution in [0.5, 0.6) is 0 Å². The van der Waals surface area contributed by atoms with Gasteiger partial charge in [-0.05, 0) is 49.1 Å². The van der Waals surface area contributed by atoms with Crippen molar-refractivity contribution in [3.63, 3.8) is 0 Å². The number of thiophene rings is 1. The third-order valence-electron chi connectivity index (χ3n) is 4.82. The third-order valence-corrected chi connectivity index (χ3v) is 5.84. The van der Waals surface area contributed by atoms with Crippen LogP contribution in [0.15, 0.2) is 16.4 Å². The summed E-state index contributed by atoms with van der Waals surface area (Å²) >= 11 is 1.80. The number of rotatable bonds is 3. The number of fused-ring (bicyclic) bond motifs is 1. The number of piperidine rings is 1. The molecule has 1 fully saturated rings. The van der Waals surface area contributed by atoms with Gasteiger partial charge in [0.25, 0.3) is 0 Å². The van der Waals surface area contributed by atoms with E-state index in [0.717, 1.165) is 45.1 Å². The number of hydrogen-bond donors (Lipinski definition) is 1. The first-order chi connectivity index (χ1) is 11.7. The van der Waals surface area contributed by atoms with E-state index in [-0.39, 0.29) is 12.5 Å². The molecule has 0 aliphatic carbocycles. The molecule has 1 unspecified atom stereocenters. The van der Waals surface area contributed by atoms with E-state index in [4.69, 9.17) is 0 Å². The minimum Gasteiger partial charge on any atom is -0.357 e. The van der Waals surface area contributed by atoms with Crippen molar-refractivity contribution in [3.05, 3.63) is 21.9 Å². The van der Waals surface area contributed by atoms with Crippen molar-refractivity contribution < 1.29 is 4.79 Å². The first-order valence-electron chi connectivity index (χ1n) is 9.03. The second-order valence-electron chi connectivity index (χ2n) is 6.80. The van der Waals surface area contributed by atoms with Gasteiger partial charge in [-0.15, -0.1) is 11.3 Å². The molecule has 0 aromatic carbocycles. The largest absolute Gasteiger partial charge is 0.357 e. The Labute approximate surface area is 148 Å². The van der Waals surface area contributed by atoms with E-state index in [9.17, 15) is 4.79 Å². The summed E-state index contributed by atoms with van der Waals surface area (Å²) in [4.78, 5) is 22.9. The van der Waals surface area contributed by atoms with E-state index in [2.05, 4.69) is 40.5 Å². The Morgan fingerprint density at radius 1 is 1.42 bits per heavy atom. The highest BCUT2D eigenvalue weighted by atomic mass is 32.1. The Balaban J connectivity index is 1.60. The molecule has 24 heavy (non-hydrogen) atoms. The summed E-state index contributed by atoms with van der Waals surface area (Å²) in [6.07, 6.45) is 3.46. The fourth-order valence-corrected chi connectivity index (χ4v) is 4.40. The van der Waals surface area contributed by atoms with E-state index in [1.165, 1.54) is 23.3 Å². The third kappa shape index (κ3) is 4.09. The van der Waals surface area contributed by atoms with Gasteiger partial charge in [0, 0.05) is 37.6 Å². The van der Waals surface area contributed by atoms with Crippen LogP contribution < -0.4 is 5.32 Å². The highest BCUT2D eigenvalue weighted by Gasteiger charge is 2.22. The van der Waals surface area contributed by atoms with Crippen LogP contribution in [-0.4, -0.2) is 54.4 Å². The molecule has 1 aromatic rings. The highest BCUT2D eigenvalue weighted by molar-refractivity contribution is 7.10. The number of nitrogens with zero attached hydrogens (tertiary/aromatic N) is 3. The standard InChI is InChI=1S/C18H28N4OS/c1-3-19-18(22-8-4-5-14(2)12-22)20-11-17(23)21-9-6-16-15(13-21)7-10-24-16/h7,10,14H,3-6,8-9,11-13H2,1-2H3,(H,19,20). The fourth-order valence-electron chi connectivity index (χ4n) is 3.51. The van der Waals surface area contributed by atoms with Crippen molar-refractivity contribution in [2.45, 2.75) is 39.7 Å². The average Bonchev–Trinajstić information content (AvgIpc) is 3.06. The summed E-state index contributed by atoms with van der Waals surface area (Å²) in [7, 11) is 0. The number of carbonyl (C=O) groups is 1. The molecular weight excluding hydrogens is 320 g/mol. The van der Waals surface area contributed by atoms with E-state index in [1.54, 1.807) is 11.3 Å². The van der Waals surface area contributed by atoms with Gasteiger partial charge in [-0.1, -0.05) is 6.92 Å². The predicted octanol–water partition coefficient (Wildman–Crippen LogP) is 2.33. The lowest BCUT2D eigenvalue weighted by Crippen LogP contribution is -2.47. The van der Waals surface area contributed by atoms with Gasteiger partial charge in [0.1, 0.15) is 6.54 Å². The Hall–Kier alpha value is -1.56. The summed E-state index contributed by atoms with van der Waals surface area (Å²) in [5.74, 6) is 1.72. The smallest absolute Gasteiger partial charge is 0.244 e. The van der Waals surface area contributed by atoms with Crippen LogP contribution in [0.3, 0.4) is 0 Å². The van der Waals surface area contributed by atoms with Gasteiger partial charge in [0.05, 0.1) is 0 Å². The molecule has 0 saturated carbocycles. The maximum absolute atomic E-state index is 12.6. The van der Waals surface area contributed by atoms with Crippen LogP contribution in [0.25, 0.3) is 0 Å². The zero-order chi connectivity index (χ0) is 16.9. The van der Waals surface area contributed by atoms with Crippen molar-refractivity contribution in [1.82, 2.24) is 15.1 Å². The minimum absolute atomic E-state index is 0.132. The molecule has 1 atom stereocenters. The molecule has 6 heteroatoms. The van der Waals surface area contributed by atoms with Crippen molar-refractivity contribution in [3.8, 4) is 0 Å². The molecule has 2 aliphatic heterocycles. The lowest BCUT2D eigenvalue weighted by molar-refractivity contribution is -0.130. The molecule has 1 saturated heterocycles. The summed E-state index contributed by atoms with van der Waals surface area (Å²) in [5, 5.41) is 5.47. The van der Waals surface area contributed by atoms with Crippen LogP contribution >= 0.6 is 11.3 Å². The second-order valence-corrected chi connectivity index (χ2v) is 7.80. The number of aliphatic imine (C=N–C) groups is 1. The van der Waals surface area contributed by atoms with Crippen molar-refractivity contribution >= 4 is 23.2 Å². The van der Waals surface area contributed by atoms with Gasteiger partial charge in [-0.2, -0.15) is 0 Å². The van der Waals surface area contributed by atoms with Gasteiger partial charge in [-0.3, -0.25) is 4.79 Å². The Morgan fingerprint density at radius 3 is 3.08 bits per heavy atom. The van der Waals surface area contributed by atoms with Gasteiger partial charge in [0.2, 0.25) is 5.91 Å². The zero-order valence-electron chi connectivity index (χ0n) is 14.8. The SMILES string of the molecule is CCNC(=NCC(=O)N1CCc2sccc2C1)N1CCCC(C)C1. The molecule has 3 heterocycles. The first-order valence-corrected chi connectivity index (χ1v) is 9.91. The maximum atomic E-state index is 12.6. The molecule has 0 radical (unpaired) electrons. The van der Waals surface area contributed by atoms with Crippen molar-refractivity contribution in [1.29, 1.82) is 0 Å². The zero-order valence-corrected chi connectivity index (χ0v) is 15.6. The van der Waals surface area contributed by atoms with Crippen LogP contribution in [0.1, 0.15) is 37.1 Å². The molecular formula is C18H28N4OS.